The molecule has 2 aromatic heterocycles. The van der Waals surface area contributed by atoms with Crippen molar-refractivity contribution in [2.75, 3.05) is 7.11 Å². The average molecular weight is 450 g/mol. The number of carbonyl (C=O) groups is 2. The second kappa shape index (κ2) is 8.28. The van der Waals surface area contributed by atoms with E-state index in [9.17, 15) is 9.59 Å². The third kappa shape index (κ3) is 3.69. The van der Waals surface area contributed by atoms with Crippen LogP contribution >= 0.6 is 0 Å². The molecular formula is C26H31N3O4. The summed E-state index contributed by atoms with van der Waals surface area (Å²) in [6, 6.07) is 11.4. The number of aromatic nitrogens is 1. The third-order valence-corrected chi connectivity index (χ3v) is 7.44. The van der Waals surface area contributed by atoms with Crippen molar-refractivity contribution in [2.45, 2.75) is 64.2 Å². The number of ether oxygens (including phenoxy) is 1. The first kappa shape index (κ1) is 21.6. The van der Waals surface area contributed by atoms with E-state index in [1.54, 1.807) is 24.3 Å². The number of nitrogens with one attached hydrogen (secondary N) is 1. The maximum absolute atomic E-state index is 13.8. The van der Waals surface area contributed by atoms with Crippen LogP contribution in [-0.4, -0.2) is 40.0 Å². The van der Waals surface area contributed by atoms with Gasteiger partial charge >= 0.3 is 0 Å². The van der Waals surface area contributed by atoms with Crippen molar-refractivity contribution in [1.82, 2.24) is 14.8 Å². The monoisotopic (exact) mass is 449 g/mol. The minimum absolute atomic E-state index is 0.103. The number of furan rings is 1. The van der Waals surface area contributed by atoms with Gasteiger partial charge in [0.1, 0.15) is 17.0 Å². The summed E-state index contributed by atoms with van der Waals surface area (Å²) < 4.78 is 12.9. The van der Waals surface area contributed by atoms with E-state index in [1.165, 1.54) is 6.42 Å². The molecule has 174 valence electrons. The fourth-order valence-electron chi connectivity index (χ4n) is 5.33. The first-order valence-corrected chi connectivity index (χ1v) is 11.7. The lowest BCUT2D eigenvalue weighted by atomic mass is 9.85. The number of hydrogen-bond acceptors (Lipinski definition) is 4. The van der Waals surface area contributed by atoms with Crippen molar-refractivity contribution in [3.05, 3.63) is 53.9 Å². The predicted molar refractivity (Wildman–Crippen MR) is 125 cm³/mol. The average Bonchev–Trinajstić information content (AvgIpc) is 3.41. The molecule has 5 rings (SSSR count). The quantitative estimate of drug-likeness (QED) is 0.628. The molecule has 0 saturated heterocycles. The van der Waals surface area contributed by atoms with Crippen LogP contribution in [0.5, 0.6) is 5.75 Å². The SMILES string of the molecule is COc1cccc(CN2C(=O)c3cc4occc4n3C[C@]2(C)C(=O)N[C@@H]2CCCC[C@@H]2C)c1. The predicted octanol–water partition coefficient (Wildman–Crippen LogP) is 4.35. The highest BCUT2D eigenvalue weighted by atomic mass is 16.5. The molecule has 0 spiro atoms. The molecule has 1 aliphatic heterocycles. The molecular weight excluding hydrogens is 418 g/mol. The van der Waals surface area contributed by atoms with Gasteiger partial charge in [0, 0.05) is 24.7 Å². The number of amides is 2. The van der Waals surface area contributed by atoms with Gasteiger partial charge in [0.15, 0.2) is 5.58 Å². The van der Waals surface area contributed by atoms with Crippen molar-refractivity contribution in [3.8, 4) is 5.75 Å². The Balaban J connectivity index is 1.53. The van der Waals surface area contributed by atoms with E-state index in [-0.39, 0.29) is 17.9 Å². The minimum atomic E-state index is -1.05. The van der Waals surface area contributed by atoms with Gasteiger partial charge in [0.25, 0.3) is 5.91 Å². The Morgan fingerprint density at radius 2 is 2.06 bits per heavy atom. The molecule has 1 fully saturated rings. The summed E-state index contributed by atoms with van der Waals surface area (Å²) in [6.45, 7) is 4.76. The Bertz CT molecular complexity index is 1200. The highest BCUT2D eigenvalue weighted by Gasteiger charge is 2.48. The van der Waals surface area contributed by atoms with Crippen molar-refractivity contribution >= 4 is 22.9 Å². The summed E-state index contributed by atoms with van der Waals surface area (Å²) >= 11 is 0. The van der Waals surface area contributed by atoms with Crippen LogP contribution < -0.4 is 10.1 Å². The lowest BCUT2D eigenvalue weighted by Gasteiger charge is -2.45. The molecule has 1 aromatic carbocycles. The maximum atomic E-state index is 13.8. The van der Waals surface area contributed by atoms with E-state index in [2.05, 4.69) is 12.2 Å². The van der Waals surface area contributed by atoms with Crippen LogP contribution in [0.15, 0.2) is 47.1 Å². The Morgan fingerprint density at radius 1 is 1.24 bits per heavy atom. The smallest absolute Gasteiger partial charge is 0.271 e. The molecule has 7 heteroatoms. The van der Waals surface area contributed by atoms with Gasteiger partial charge in [-0.05, 0) is 43.4 Å². The number of benzene rings is 1. The lowest BCUT2D eigenvalue weighted by Crippen LogP contribution is -2.65. The normalized spacial score (nSPS) is 25.2. The summed E-state index contributed by atoms with van der Waals surface area (Å²) in [5.74, 6) is 0.874. The minimum Gasteiger partial charge on any atom is -0.497 e. The summed E-state index contributed by atoms with van der Waals surface area (Å²) in [5.41, 5.74) is 1.91. The molecule has 2 amide bonds. The van der Waals surface area contributed by atoms with Crippen LogP contribution in [0.2, 0.25) is 0 Å². The molecule has 3 aromatic rings. The number of nitrogens with zero attached hydrogens (tertiary/aromatic N) is 2. The zero-order valence-corrected chi connectivity index (χ0v) is 19.5. The van der Waals surface area contributed by atoms with E-state index in [4.69, 9.17) is 9.15 Å². The Hall–Kier alpha value is -3.22. The molecule has 33 heavy (non-hydrogen) atoms. The highest BCUT2D eigenvalue weighted by molar-refractivity contribution is 6.02. The maximum Gasteiger partial charge on any atom is 0.271 e. The fraction of sp³-hybridized carbons (Fsp3) is 0.462. The molecule has 2 aliphatic rings. The van der Waals surface area contributed by atoms with Gasteiger partial charge in [-0.2, -0.15) is 0 Å². The second-order valence-corrected chi connectivity index (χ2v) is 9.64. The third-order valence-electron chi connectivity index (χ3n) is 7.44. The topological polar surface area (TPSA) is 76.7 Å². The van der Waals surface area contributed by atoms with Crippen LogP contribution in [-0.2, 0) is 17.9 Å². The fourth-order valence-corrected chi connectivity index (χ4v) is 5.33. The zero-order chi connectivity index (χ0) is 23.2. The Labute approximate surface area is 193 Å². The second-order valence-electron chi connectivity index (χ2n) is 9.64. The summed E-state index contributed by atoms with van der Waals surface area (Å²) in [5, 5.41) is 3.31. The van der Waals surface area contributed by atoms with Crippen molar-refractivity contribution in [2.24, 2.45) is 5.92 Å². The van der Waals surface area contributed by atoms with E-state index >= 15 is 0 Å². The van der Waals surface area contributed by atoms with E-state index in [1.807, 2.05) is 41.8 Å². The molecule has 0 radical (unpaired) electrons. The van der Waals surface area contributed by atoms with Gasteiger partial charge in [-0.1, -0.05) is 31.9 Å². The number of methoxy groups -OCH3 is 1. The molecule has 0 bridgehead atoms. The largest absolute Gasteiger partial charge is 0.497 e. The van der Waals surface area contributed by atoms with Gasteiger partial charge in [-0.25, -0.2) is 0 Å². The molecule has 1 N–H and O–H groups in total. The Kier molecular flexibility index (Phi) is 5.43. The molecule has 3 heterocycles. The molecule has 7 nitrogen and oxygen atoms in total. The Morgan fingerprint density at radius 3 is 2.85 bits per heavy atom. The molecule has 3 atom stereocenters. The lowest BCUT2D eigenvalue weighted by molar-refractivity contribution is -0.134. The van der Waals surface area contributed by atoms with E-state index in [0.29, 0.717) is 30.3 Å². The van der Waals surface area contributed by atoms with Gasteiger partial charge < -0.3 is 23.9 Å². The number of rotatable bonds is 5. The zero-order valence-electron chi connectivity index (χ0n) is 19.5. The van der Waals surface area contributed by atoms with Crippen LogP contribution in [0.25, 0.3) is 11.1 Å². The summed E-state index contributed by atoms with van der Waals surface area (Å²) in [7, 11) is 1.62. The van der Waals surface area contributed by atoms with Crippen molar-refractivity contribution in [1.29, 1.82) is 0 Å². The molecule has 1 aliphatic carbocycles. The summed E-state index contributed by atoms with van der Waals surface area (Å²) in [4.78, 5) is 29.3. The van der Waals surface area contributed by atoms with Gasteiger partial charge in [-0.15, -0.1) is 0 Å². The van der Waals surface area contributed by atoms with Crippen molar-refractivity contribution in [3.63, 3.8) is 0 Å². The molecule has 1 saturated carbocycles. The number of hydrogen-bond donors (Lipinski definition) is 1. The first-order chi connectivity index (χ1) is 15.9. The van der Waals surface area contributed by atoms with Gasteiger partial charge in [0.05, 0.1) is 25.4 Å². The van der Waals surface area contributed by atoms with Crippen LogP contribution in [0.4, 0.5) is 0 Å². The van der Waals surface area contributed by atoms with Crippen molar-refractivity contribution < 1.29 is 18.7 Å². The highest BCUT2D eigenvalue weighted by Crippen LogP contribution is 2.35. The van der Waals surface area contributed by atoms with E-state index < -0.39 is 5.54 Å². The number of fused-ring (bicyclic) bond motifs is 3. The first-order valence-electron chi connectivity index (χ1n) is 11.7. The molecule has 0 unspecified atom stereocenters. The van der Waals surface area contributed by atoms with Gasteiger partial charge in [-0.3, -0.25) is 9.59 Å². The van der Waals surface area contributed by atoms with Crippen LogP contribution in [0.3, 0.4) is 0 Å². The van der Waals surface area contributed by atoms with Gasteiger partial charge in [0.2, 0.25) is 5.91 Å². The number of carbonyl (C=O) groups excluding carboxylic acids is 2. The standard InChI is InChI=1S/C26H31N3O4/c1-17-7-4-5-10-20(17)27-25(31)26(2)16-28-21-11-12-33-23(21)14-22(28)24(30)29(26)15-18-8-6-9-19(13-18)32-3/h6,8-9,11-14,17,20H,4-5,7,10,15-16H2,1-3H3,(H,27,31)/t17-,20+,26+/m0/s1. The summed E-state index contributed by atoms with van der Waals surface area (Å²) in [6.07, 6.45) is 6.04. The van der Waals surface area contributed by atoms with Crippen LogP contribution in [0, 0.1) is 5.92 Å². The van der Waals surface area contributed by atoms with E-state index in [0.717, 1.165) is 36.1 Å². The van der Waals surface area contributed by atoms with Crippen LogP contribution in [0.1, 0.15) is 55.6 Å².